The van der Waals surface area contributed by atoms with E-state index in [0.717, 1.165) is 11.1 Å². The van der Waals surface area contributed by atoms with Gasteiger partial charge in [-0.1, -0.05) is 0 Å². The van der Waals surface area contributed by atoms with E-state index in [1.807, 2.05) is 72.3 Å². The van der Waals surface area contributed by atoms with E-state index in [1.165, 1.54) is 0 Å². The molecule has 0 aromatic carbocycles. The van der Waals surface area contributed by atoms with Crippen LogP contribution in [0.15, 0.2) is 49.1 Å². The SMILES string of the molecule is C[n+]1cccc(C#CC#Cc2ccc[n+](C)c2)c1.[I-].[I-]. The van der Waals surface area contributed by atoms with Gasteiger partial charge in [0.25, 0.3) is 0 Å². The lowest BCUT2D eigenvalue weighted by molar-refractivity contribution is -0.671. The van der Waals surface area contributed by atoms with Gasteiger partial charge in [-0.15, -0.1) is 0 Å². The Morgan fingerprint density at radius 1 is 0.750 bits per heavy atom. The molecule has 0 fully saturated rings. The van der Waals surface area contributed by atoms with Gasteiger partial charge < -0.3 is 48.0 Å². The molecule has 4 heteroatoms. The largest absolute Gasteiger partial charge is 1.00 e. The van der Waals surface area contributed by atoms with Crippen molar-refractivity contribution in [3.8, 4) is 23.7 Å². The van der Waals surface area contributed by atoms with Crippen LogP contribution in [0.3, 0.4) is 0 Å². The Kier molecular flexibility index (Phi) is 9.19. The molecule has 0 amide bonds. The summed E-state index contributed by atoms with van der Waals surface area (Å²) in [6, 6.07) is 7.87. The van der Waals surface area contributed by atoms with Gasteiger partial charge in [0.05, 0.1) is 11.1 Å². The van der Waals surface area contributed by atoms with Gasteiger partial charge in [0.15, 0.2) is 24.8 Å². The molecule has 0 aliphatic heterocycles. The first kappa shape index (κ1) is 18.9. The van der Waals surface area contributed by atoms with Crippen LogP contribution < -0.4 is 57.1 Å². The highest BCUT2D eigenvalue weighted by Crippen LogP contribution is 1.91. The maximum absolute atomic E-state index is 3.02. The molecule has 20 heavy (non-hydrogen) atoms. The Labute approximate surface area is 154 Å². The zero-order valence-corrected chi connectivity index (χ0v) is 15.6. The van der Waals surface area contributed by atoms with Crippen molar-refractivity contribution in [2.24, 2.45) is 14.1 Å². The summed E-state index contributed by atoms with van der Waals surface area (Å²) in [6.07, 6.45) is 7.88. The molecule has 2 heterocycles. The van der Waals surface area contributed by atoms with E-state index in [9.17, 15) is 0 Å². The summed E-state index contributed by atoms with van der Waals surface area (Å²) >= 11 is 0. The van der Waals surface area contributed by atoms with Gasteiger partial charge in [-0.3, -0.25) is 0 Å². The van der Waals surface area contributed by atoms with Crippen LogP contribution in [-0.4, -0.2) is 0 Å². The summed E-state index contributed by atoms with van der Waals surface area (Å²) in [6.45, 7) is 0. The van der Waals surface area contributed by atoms with Crippen LogP contribution in [0.4, 0.5) is 0 Å². The van der Waals surface area contributed by atoms with E-state index in [4.69, 9.17) is 0 Å². The van der Waals surface area contributed by atoms with Crippen LogP contribution in [0.5, 0.6) is 0 Å². The number of rotatable bonds is 0. The molecule has 0 spiro atoms. The standard InChI is InChI=1S/C16H14N2.2HI/c1-17-11-5-9-15(13-17)7-3-4-8-16-10-6-12-18(2)14-16;;/h5-6,9-14H,1-2H3;2*1H/q+2;;/p-2. The van der Waals surface area contributed by atoms with Crippen LogP contribution >= 0.6 is 0 Å². The maximum atomic E-state index is 3.02. The lowest BCUT2D eigenvalue weighted by Crippen LogP contribution is -3.00. The Hall–Kier alpha value is -1.12. The van der Waals surface area contributed by atoms with Crippen molar-refractivity contribution < 1.29 is 57.1 Å². The third-order valence-electron chi connectivity index (χ3n) is 2.36. The highest BCUT2D eigenvalue weighted by atomic mass is 127. The third-order valence-corrected chi connectivity index (χ3v) is 2.36. The number of aryl methyl sites for hydroxylation is 2. The van der Waals surface area contributed by atoms with Gasteiger partial charge in [-0.25, -0.2) is 9.13 Å². The molecule has 0 unspecified atom stereocenters. The lowest BCUT2D eigenvalue weighted by atomic mass is 10.2. The van der Waals surface area contributed by atoms with Crippen molar-refractivity contribution in [1.82, 2.24) is 0 Å². The first-order valence-electron chi connectivity index (χ1n) is 5.67. The molecule has 0 aliphatic carbocycles. The number of nitrogens with zero attached hydrogens (tertiary/aromatic N) is 2. The lowest BCUT2D eigenvalue weighted by Gasteiger charge is -1.86. The Morgan fingerprint density at radius 3 is 1.50 bits per heavy atom. The molecule has 0 radical (unpaired) electrons. The monoisotopic (exact) mass is 488 g/mol. The van der Waals surface area contributed by atoms with Crippen LogP contribution in [0.2, 0.25) is 0 Å². The van der Waals surface area contributed by atoms with E-state index in [1.54, 1.807) is 0 Å². The minimum atomic E-state index is 0. The predicted molar refractivity (Wildman–Crippen MR) is 69.0 cm³/mol. The van der Waals surface area contributed by atoms with Crippen LogP contribution in [0.1, 0.15) is 11.1 Å². The van der Waals surface area contributed by atoms with Crippen LogP contribution in [0, 0.1) is 23.7 Å². The Morgan fingerprint density at radius 2 is 1.15 bits per heavy atom. The number of pyridine rings is 2. The summed E-state index contributed by atoms with van der Waals surface area (Å²) in [7, 11) is 3.95. The maximum Gasteiger partial charge on any atom is 0.184 e. The fraction of sp³-hybridized carbons (Fsp3) is 0.125. The van der Waals surface area contributed by atoms with Crippen molar-refractivity contribution in [2.75, 3.05) is 0 Å². The second kappa shape index (κ2) is 9.73. The van der Waals surface area contributed by atoms with Crippen molar-refractivity contribution in [3.05, 3.63) is 60.2 Å². The smallest absolute Gasteiger partial charge is 0.184 e. The van der Waals surface area contributed by atoms with Gasteiger partial charge in [0, 0.05) is 12.1 Å². The highest BCUT2D eigenvalue weighted by molar-refractivity contribution is 5.42. The van der Waals surface area contributed by atoms with Gasteiger partial charge >= 0.3 is 0 Å². The average Bonchev–Trinajstić information content (AvgIpc) is 2.35. The van der Waals surface area contributed by atoms with Crippen molar-refractivity contribution in [1.29, 1.82) is 0 Å². The molecule has 0 saturated heterocycles. The Bertz CT molecular complexity index is 627. The fourth-order valence-electron chi connectivity index (χ4n) is 1.53. The molecule has 2 aromatic heterocycles. The molecule has 0 aliphatic rings. The van der Waals surface area contributed by atoms with Gasteiger partial charge in [0.1, 0.15) is 14.1 Å². The summed E-state index contributed by atoms with van der Waals surface area (Å²) in [4.78, 5) is 0. The molecular weight excluding hydrogens is 474 g/mol. The number of hydrogen-bond acceptors (Lipinski definition) is 0. The predicted octanol–water partition coefficient (Wildman–Crippen LogP) is -5.25. The molecule has 2 nitrogen and oxygen atoms in total. The minimum absolute atomic E-state index is 0. The first-order valence-corrected chi connectivity index (χ1v) is 5.67. The number of aromatic nitrogens is 2. The van der Waals surface area contributed by atoms with E-state index in [0.29, 0.717) is 0 Å². The van der Waals surface area contributed by atoms with Gasteiger partial charge in [0.2, 0.25) is 0 Å². The molecule has 2 rings (SSSR count). The second-order valence-corrected chi connectivity index (χ2v) is 4.02. The van der Waals surface area contributed by atoms with Crippen molar-refractivity contribution in [2.45, 2.75) is 0 Å². The molecular formula is C16H14I2N2. The van der Waals surface area contributed by atoms with E-state index < -0.39 is 0 Å². The topological polar surface area (TPSA) is 7.76 Å². The van der Waals surface area contributed by atoms with Crippen molar-refractivity contribution in [3.63, 3.8) is 0 Å². The second-order valence-electron chi connectivity index (χ2n) is 4.02. The summed E-state index contributed by atoms with van der Waals surface area (Å²) in [5.74, 6) is 11.8. The zero-order valence-electron chi connectivity index (χ0n) is 11.3. The van der Waals surface area contributed by atoms with Gasteiger partial charge in [-0.2, -0.15) is 0 Å². The number of hydrogen-bond donors (Lipinski definition) is 0. The summed E-state index contributed by atoms with van der Waals surface area (Å²) < 4.78 is 3.93. The molecule has 0 bridgehead atoms. The first-order chi connectivity index (χ1) is 8.74. The molecule has 102 valence electrons. The molecule has 2 aromatic rings. The Balaban J connectivity index is 0.00000180. The quantitative estimate of drug-likeness (QED) is 0.199. The van der Waals surface area contributed by atoms with Crippen LogP contribution in [-0.2, 0) is 14.1 Å². The van der Waals surface area contributed by atoms with E-state index >= 15 is 0 Å². The fourth-order valence-corrected chi connectivity index (χ4v) is 1.53. The molecule has 0 saturated carbocycles. The highest BCUT2D eigenvalue weighted by Gasteiger charge is 1.93. The average molecular weight is 488 g/mol. The molecule has 0 N–H and O–H groups in total. The zero-order chi connectivity index (χ0) is 12.8. The summed E-state index contributed by atoms with van der Waals surface area (Å²) in [5.41, 5.74) is 1.93. The van der Waals surface area contributed by atoms with Crippen LogP contribution in [0.25, 0.3) is 0 Å². The number of halogens is 2. The minimum Gasteiger partial charge on any atom is -1.00 e. The van der Waals surface area contributed by atoms with Crippen molar-refractivity contribution >= 4 is 0 Å². The van der Waals surface area contributed by atoms with Gasteiger partial charge in [-0.05, 0) is 35.8 Å². The van der Waals surface area contributed by atoms with E-state index in [-0.39, 0.29) is 48.0 Å². The summed E-state index contributed by atoms with van der Waals surface area (Å²) in [5, 5.41) is 0. The normalized spacial score (nSPS) is 7.90. The molecule has 0 atom stereocenters. The third kappa shape index (κ3) is 6.36. The van der Waals surface area contributed by atoms with E-state index in [2.05, 4.69) is 23.7 Å².